The number of nitrogens with one attached hydrogen (secondary N) is 2. The molecule has 150 valence electrons. The molecule has 1 aromatic heterocycles. The first-order valence-corrected chi connectivity index (χ1v) is 9.48. The van der Waals surface area contributed by atoms with Crippen LogP contribution < -0.4 is 10.6 Å². The van der Waals surface area contributed by atoms with Gasteiger partial charge < -0.3 is 10.6 Å². The molecule has 2 aromatic carbocycles. The third kappa shape index (κ3) is 5.20. The molecule has 0 saturated heterocycles. The van der Waals surface area contributed by atoms with Crippen molar-refractivity contribution in [1.82, 2.24) is 4.98 Å². The number of hydrogen-bond donors (Lipinski definition) is 2. The van der Waals surface area contributed by atoms with E-state index in [1.807, 2.05) is 0 Å². The van der Waals surface area contributed by atoms with Gasteiger partial charge in [-0.2, -0.15) is 13.2 Å². The van der Waals surface area contributed by atoms with Gasteiger partial charge in [0.1, 0.15) is 10.7 Å². The maximum atomic E-state index is 12.9. The number of rotatable bonds is 5. The molecule has 0 aliphatic carbocycles. The highest BCUT2D eigenvalue weighted by Crippen LogP contribution is 2.33. The lowest BCUT2D eigenvalue weighted by Gasteiger charge is -2.07. The Kier molecular flexibility index (Phi) is 5.97. The maximum absolute atomic E-state index is 12.9. The van der Waals surface area contributed by atoms with Crippen molar-refractivity contribution in [2.75, 3.05) is 10.6 Å². The summed E-state index contributed by atoms with van der Waals surface area (Å²) in [6.07, 6.45) is -4.09. The second-order valence-electron chi connectivity index (χ2n) is 6.05. The monoisotopic (exact) mass is 419 g/mol. The standard InChI is InChI=1S/C20H16F3N3O2S/c1-2-17(27)24-14-6-8-15(9-7-14)25-18(28)16-11-29-19(26-16)12-4-3-5-13(10-12)20(21,22)23/h3-11H,2H2,1H3,(H,24,27)(H,25,28). The number of amides is 2. The number of anilines is 2. The van der Waals surface area contributed by atoms with Crippen molar-refractivity contribution in [2.45, 2.75) is 19.5 Å². The minimum absolute atomic E-state index is 0.103. The first-order valence-electron chi connectivity index (χ1n) is 8.60. The number of halogens is 3. The molecule has 2 N–H and O–H groups in total. The summed E-state index contributed by atoms with van der Waals surface area (Å²) in [7, 11) is 0. The first-order chi connectivity index (χ1) is 13.8. The van der Waals surface area contributed by atoms with Crippen LogP contribution in [0, 0.1) is 0 Å². The van der Waals surface area contributed by atoms with Gasteiger partial charge in [0.15, 0.2) is 0 Å². The average molecular weight is 419 g/mol. The molecular formula is C20H16F3N3O2S. The molecule has 1 heterocycles. The molecular weight excluding hydrogens is 403 g/mol. The Morgan fingerprint density at radius 1 is 1.03 bits per heavy atom. The second kappa shape index (κ2) is 8.44. The van der Waals surface area contributed by atoms with E-state index in [1.54, 1.807) is 31.2 Å². The molecule has 0 fully saturated rings. The number of nitrogens with zero attached hydrogens (tertiary/aromatic N) is 1. The van der Waals surface area contributed by atoms with Crippen molar-refractivity contribution >= 4 is 34.5 Å². The molecule has 9 heteroatoms. The normalized spacial score (nSPS) is 11.2. The Bertz CT molecular complexity index is 1030. The van der Waals surface area contributed by atoms with Gasteiger partial charge in [-0.25, -0.2) is 4.98 Å². The smallest absolute Gasteiger partial charge is 0.326 e. The molecule has 3 aromatic rings. The summed E-state index contributed by atoms with van der Waals surface area (Å²) >= 11 is 1.09. The minimum atomic E-state index is -4.45. The van der Waals surface area contributed by atoms with Crippen molar-refractivity contribution in [3.8, 4) is 10.6 Å². The van der Waals surface area contributed by atoms with Gasteiger partial charge in [-0.3, -0.25) is 9.59 Å². The number of alkyl halides is 3. The summed E-state index contributed by atoms with van der Waals surface area (Å²) in [5.74, 6) is -0.601. The highest BCUT2D eigenvalue weighted by atomic mass is 32.1. The minimum Gasteiger partial charge on any atom is -0.326 e. The van der Waals surface area contributed by atoms with Gasteiger partial charge in [-0.05, 0) is 36.4 Å². The van der Waals surface area contributed by atoms with E-state index < -0.39 is 17.6 Å². The third-order valence-electron chi connectivity index (χ3n) is 3.92. The van der Waals surface area contributed by atoms with Gasteiger partial charge in [-0.1, -0.05) is 19.1 Å². The highest BCUT2D eigenvalue weighted by molar-refractivity contribution is 7.13. The number of carbonyl (C=O) groups excluding carboxylic acids is 2. The van der Waals surface area contributed by atoms with Gasteiger partial charge in [0.25, 0.3) is 5.91 Å². The van der Waals surface area contributed by atoms with Crippen molar-refractivity contribution in [3.63, 3.8) is 0 Å². The van der Waals surface area contributed by atoms with Gasteiger partial charge >= 0.3 is 6.18 Å². The zero-order valence-electron chi connectivity index (χ0n) is 15.2. The van der Waals surface area contributed by atoms with Gasteiger partial charge in [0.05, 0.1) is 5.56 Å². The predicted molar refractivity (Wildman–Crippen MR) is 106 cm³/mol. The summed E-state index contributed by atoms with van der Waals surface area (Å²) in [5.41, 5.74) is 0.727. The largest absolute Gasteiger partial charge is 0.416 e. The van der Waals surface area contributed by atoms with E-state index in [4.69, 9.17) is 0 Å². The number of hydrogen-bond acceptors (Lipinski definition) is 4. The van der Waals surface area contributed by atoms with E-state index in [1.165, 1.54) is 17.5 Å². The Morgan fingerprint density at radius 3 is 2.31 bits per heavy atom. The molecule has 0 unspecified atom stereocenters. The van der Waals surface area contributed by atoms with Crippen LogP contribution in [-0.2, 0) is 11.0 Å². The van der Waals surface area contributed by atoms with Crippen LogP contribution in [0.2, 0.25) is 0 Å². The van der Waals surface area contributed by atoms with E-state index in [0.29, 0.717) is 28.4 Å². The van der Waals surface area contributed by atoms with E-state index in [9.17, 15) is 22.8 Å². The zero-order chi connectivity index (χ0) is 21.0. The molecule has 0 aliphatic rings. The summed E-state index contributed by atoms with van der Waals surface area (Å²) in [6, 6.07) is 11.4. The zero-order valence-corrected chi connectivity index (χ0v) is 16.0. The Morgan fingerprint density at radius 2 is 1.69 bits per heavy atom. The average Bonchev–Trinajstić information content (AvgIpc) is 3.19. The Hall–Kier alpha value is -3.20. The third-order valence-corrected chi connectivity index (χ3v) is 4.81. The van der Waals surface area contributed by atoms with E-state index in [0.717, 1.165) is 23.5 Å². The van der Waals surface area contributed by atoms with Crippen molar-refractivity contribution in [2.24, 2.45) is 0 Å². The van der Waals surface area contributed by atoms with Crippen molar-refractivity contribution < 1.29 is 22.8 Å². The first kappa shape index (κ1) is 20.5. The predicted octanol–water partition coefficient (Wildman–Crippen LogP) is 5.43. The fraction of sp³-hybridized carbons (Fsp3) is 0.150. The molecule has 0 atom stereocenters. The number of aromatic nitrogens is 1. The van der Waals surface area contributed by atoms with Crippen molar-refractivity contribution in [1.29, 1.82) is 0 Å². The molecule has 3 rings (SSSR count). The summed E-state index contributed by atoms with van der Waals surface area (Å²) < 4.78 is 38.6. The lowest BCUT2D eigenvalue weighted by molar-refractivity contribution is -0.137. The molecule has 0 aliphatic heterocycles. The molecule has 5 nitrogen and oxygen atoms in total. The van der Waals surface area contributed by atoms with E-state index in [-0.39, 0.29) is 11.6 Å². The highest BCUT2D eigenvalue weighted by Gasteiger charge is 2.30. The van der Waals surface area contributed by atoms with Crippen LogP contribution >= 0.6 is 11.3 Å². The van der Waals surface area contributed by atoms with E-state index >= 15 is 0 Å². The number of thiazole rings is 1. The van der Waals surface area contributed by atoms with Crippen LogP contribution in [0.1, 0.15) is 29.4 Å². The molecule has 29 heavy (non-hydrogen) atoms. The van der Waals surface area contributed by atoms with Crippen LogP contribution in [0.15, 0.2) is 53.9 Å². The molecule has 0 bridgehead atoms. The number of benzene rings is 2. The molecule has 0 radical (unpaired) electrons. The number of carbonyl (C=O) groups is 2. The van der Waals surface area contributed by atoms with Gasteiger partial charge in [0, 0.05) is 28.7 Å². The fourth-order valence-electron chi connectivity index (χ4n) is 2.42. The maximum Gasteiger partial charge on any atom is 0.416 e. The van der Waals surface area contributed by atoms with Crippen LogP contribution in [-0.4, -0.2) is 16.8 Å². The molecule has 0 saturated carbocycles. The van der Waals surface area contributed by atoms with Gasteiger partial charge in [-0.15, -0.1) is 11.3 Å². The summed E-state index contributed by atoms with van der Waals surface area (Å²) in [6.45, 7) is 1.74. The van der Waals surface area contributed by atoms with Crippen LogP contribution in [0.25, 0.3) is 10.6 Å². The second-order valence-corrected chi connectivity index (χ2v) is 6.91. The van der Waals surface area contributed by atoms with Gasteiger partial charge in [0.2, 0.25) is 5.91 Å². The molecule has 2 amide bonds. The quantitative estimate of drug-likeness (QED) is 0.579. The fourth-order valence-corrected chi connectivity index (χ4v) is 3.22. The molecule has 0 spiro atoms. The van der Waals surface area contributed by atoms with Crippen molar-refractivity contribution in [3.05, 3.63) is 65.2 Å². The van der Waals surface area contributed by atoms with E-state index in [2.05, 4.69) is 15.6 Å². The SMILES string of the molecule is CCC(=O)Nc1ccc(NC(=O)c2csc(-c3cccc(C(F)(F)F)c3)n2)cc1. The topological polar surface area (TPSA) is 71.1 Å². The Labute approximate surface area is 168 Å². The van der Waals surface area contributed by atoms with Crippen LogP contribution in [0.3, 0.4) is 0 Å². The lowest BCUT2D eigenvalue weighted by atomic mass is 10.1. The lowest BCUT2D eigenvalue weighted by Crippen LogP contribution is -2.13. The van der Waals surface area contributed by atoms with Crippen LogP contribution in [0.4, 0.5) is 24.5 Å². The summed E-state index contributed by atoms with van der Waals surface area (Å²) in [5, 5.41) is 7.17. The van der Waals surface area contributed by atoms with Crippen LogP contribution in [0.5, 0.6) is 0 Å². The Balaban J connectivity index is 1.71. The summed E-state index contributed by atoms with van der Waals surface area (Å²) in [4.78, 5) is 27.9.